The first-order valence-corrected chi connectivity index (χ1v) is 8.30. The standard InChI is InChI=1S/C16H11BrN2O3S/c17-15-4-2-12(23-15)6-11(7-18)16(20)19-8-10-1-3-13-14(5-10)22-9-21-13/h1-6H,8-9H2,(H,19,20). The van der Waals surface area contributed by atoms with E-state index in [0.29, 0.717) is 18.0 Å². The van der Waals surface area contributed by atoms with E-state index < -0.39 is 5.91 Å². The number of thiophene rings is 1. The molecule has 1 amide bonds. The number of hydrogen-bond donors (Lipinski definition) is 1. The number of amides is 1. The first-order valence-electron chi connectivity index (χ1n) is 6.69. The summed E-state index contributed by atoms with van der Waals surface area (Å²) in [5.41, 5.74) is 0.943. The van der Waals surface area contributed by atoms with Crippen LogP contribution in [-0.2, 0) is 11.3 Å². The van der Waals surface area contributed by atoms with Crippen LogP contribution in [0.25, 0.3) is 6.08 Å². The van der Waals surface area contributed by atoms with Crippen molar-refractivity contribution in [3.63, 3.8) is 0 Å². The van der Waals surface area contributed by atoms with Crippen LogP contribution in [0.4, 0.5) is 0 Å². The number of nitrogens with zero attached hydrogens (tertiary/aromatic N) is 1. The van der Waals surface area contributed by atoms with Crippen LogP contribution in [0.15, 0.2) is 39.7 Å². The van der Waals surface area contributed by atoms with E-state index in [0.717, 1.165) is 14.2 Å². The third-order valence-corrected chi connectivity index (χ3v) is 4.71. The molecule has 0 bridgehead atoms. The van der Waals surface area contributed by atoms with Crippen molar-refractivity contribution in [2.45, 2.75) is 6.54 Å². The smallest absolute Gasteiger partial charge is 0.262 e. The number of nitrogens with one attached hydrogen (secondary N) is 1. The lowest BCUT2D eigenvalue weighted by Crippen LogP contribution is -2.23. The second-order valence-corrected chi connectivity index (χ2v) is 7.18. The van der Waals surface area contributed by atoms with Crippen molar-refractivity contribution < 1.29 is 14.3 Å². The minimum atomic E-state index is -0.408. The van der Waals surface area contributed by atoms with Gasteiger partial charge in [0.05, 0.1) is 3.79 Å². The van der Waals surface area contributed by atoms with Crippen LogP contribution >= 0.6 is 27.3 Å². The van der Waals surface area contributed by atoms with Crippen molar-refractivity contribution in [2.24, 2.45) is 0 Å². The molecule has 0 fully saturated rings. The fraction of sp³-hybridized carbons (Fsp3) is 0.125. The molecule has 0 radical (unpaired) electrons. The molecule has 1 N–H and O–H groups in total. The summed E-state index contributed by atoms with van der Waals surface area (Å²) in [6.07, 6.45) is 1.57. The van der Waals surface area contributed by atoms with Gasteiger partial charge in [0.15, 0.2) is 11.5 Å². The molecule has 116 valence electrons. The maximum absolute atomic E-state index is 12.1. The minimum absolute atomic E-state index is 0.0695. The SMILES string of the molecule is N#CC(=Cc1ccc(Br)s1)C(=O)NCc1ccc2c(c1)OCO2. The molecule has 0 aliphatic carbocycles. The zero-order chi connectivity index (χ0) is 16.2. The molecule has 7 heteroatoms. The average Bonchev–Trinajstić information content (AvgIpc) is 3.18. The summed E-state index contributed by atoms with van der Waals surface area (Å²) < 4.78 is 11.5. The van der Waals surface area contributed by atoms with Crippen molar-refractivity contribution >= 4 is 39.2 Å². The van der Waals surface area contributed by atoms with Crippen molar-refractivity contribution in [1.29, 1.82) is 5.26 Å². The van der Waals surface area contributed by atoms with Crippen molar-refractivity contribution in [3.8, 4) is 17.6 Å². The van der Waals surface area contributed by atoms with Gasteiger partial charge in [-0.25, -0.2) is 0 Å². The van der Waals surface area contributed by atoms with Crippen molar-refractivity contribution in [2.75, 3.05) is 6.79 Å². The molecule has 0 unspecified atom stereocenters. The Morgan fingerprint density at radius 3 is 2.91 bits per heavy atom. The van der Waals surface area contributed by atoms with E-state index in [2.05, 4.69) is 21.2 Å². The Hall–Kier alpha value is -2.30. The van der Waals surface area contributed by atoms with Gasteiger partial charge in [0.25, 0.3) is 5.91 Å². The molecule has 0 saturated carbocycles. The Balaban J connectivity index is 1.66. The van der Waals surface area contributed by atoms with Gasteiger partial charge in [-0.3, -0.25) is 4.79 Å². The van der Waals surface area contributed by atoms with Gasteiger partial charge in [-0.1, -0.05) is 6.07 Å². The Morgan fingerprint density at radius 2 is 2.17 bits per heavy atom. The molecule has 0 saturated heterocycles. The van der Waals surface area contributed by atoms with Crippen LogP contribution in [0.2, 0.25) is 0 Å². The van der Waals surface area contributed by atoms with Crippen LogP contribution in [0.5, 0.6) is 11.5 Å². The Kier molecular flexibility index (Phi) is 4.65. The van der Waals surface area contributed by atoms with E-state index in [1.807, 2.05) is 30.3 Å². The number of carbonyl (C=O) groups excluding carboxylic acids is 1. The second-order valence-electron chi connectivity index (χ2n) is 4.68. The molecule has 1 aromatic heterocycles. The van der Waals surface area contributed by atoms with Gasteiger partial charge in [0.2, 0.25) is 6.79 Å². The average molecular weight is 391 g/mol. The van der Waals surface area contributed by atoms with Gasteiger partial charge < -0.3 is 14.8 Å². The first-order chi connectivity index (χ1) is 11.2. The summed E-state index contributed by atoms with van der Waals surface area (Å²) in [6, 6.07) is 11.1. The van der Waals surface area contributed by atoms with Gasteiger partial charge in [-0.2, -0.15) is 5.26 Å². The van der Waals surface area contributed by atoms with Crippen molar-refractivity contribution in [1.82, 2.24) is 5.32 Å². The summed E-state index contributed by atoms with van der Waals surface area (Å²) in [4.78, 5) is 13.0. The number of fused-ring (bicyclic) bond motifs is 1. The molecule has 1 aliphatic heterocycles. The van der Waals surface area contributed by atoms with Crippen LogP contribution in [0.1, 0.15) is 10.4 Å². The van der Waals surface area contributed by atoms with Crippen LogP contribution in [0.3, 0.4) is 0 Å². The van der Waals surface area contributed by atoms with E-state index in [1.54, 1.807) is 12.1 Å². The maximum atomic E-state index is 12.1. The quantitative estimate of drug-likeness (QED) is 0.640. The second kappa shape index (κ2) is 6.86. The number of hydrogen-bond acceptors (Lipinski definition) is 5. The number of carbonyl (C=O) groups is 1. The molecular weight excluding hydrogens is 380 g/mol. The lowest BCUT2D eigenvalue weighted by atomic mass is 10.2. The molecule has 23 heavy (non-hydrogen) atoms. The highest BCUT2D eigenvalue weighted by molar-refractivity contribution is 9.11. The third-order valence-electron chi connectivity index (χ3n) is 3.14. The number of halogens is 1. The predicted molar refractivity (Wildman–Crippen MR) is 90.0 cm³/mol. The summed E-state index contributed by atoms with van der Waals surface area (Å²) >= 11 is 4.81. The largest absolute Gasteiger partial charge is 0.454 e. The molecule has 1 aliphatic rings. The molecule has 0 spiro atoms. The van der Waals surface area contributed by atoms with E-state index in [-0.39, 0.29) is 12.4 Å². The Labute approximate surface area is 145 Å². The van der Waals surface area contributed by atoms with E-state index in [1.165, 1.54) is 11.3 Å². The fourth-order valence-electron chi connectivity index (χ4n) is 2.03. The highest BCUT2D eigenvalue weighted by Gasteiger charge is 2.14. The molecule has 2 heterocycles. The van der Waals surface area contributed by atoms with Gasteiger partial charge in [-0.05, 0) is 51.8 Å². The summed E-state index contributed by atoms with van der Waals surface area (Å²) in [6.45, 7) is 0.519. The Morgan fingerprint density at radius 1 is 1.35 bits per heavy atom. The van der Waals surface area contributed by atoms with E-state index in [9.17, 15) is 4.79 Å². The minimum Gasteiger partial charge on any atom is -0.454 e. The molecule has 0 atom stereocenters. The highest BCUT2D eigenvalue weighted by Crippen LogP contribution is 2.32. The molecule has 3 rings (SSSR count). The van der Waals surface area contributed by atoms with Crippen LogP contribution in [0, 0.1) is 11.3 Å². The zero-order valence-corrected chi connectivity index (χ0v) is 14.2. The van der Waals surface area contributed by atoms with Gasteiger partial charge in [-0.15, -0.1) is 11.3 Å². The first kappa shape index (κ1) is 15.6. The topological polar surface area (TPSA) is 71.4 Å². The molecule has 2 aromatic rings. The lowest BCUT2D eigenvalue weighted by molar-refractivity contribution is -0.117. The maximum Gasteiger partial charge on any atom is 0.262 e. The number of rotatable bonds is 4. The van der Waals surface area contributed by atoms with Crippen molar-refractivity contribution in [3.05, 3.63) is 50.1 Å². The molecular formula is C16H11BrN2O3S. The monoisotopic (exact) mass is 390 g/mol. The summed E-state index contributed by atoms with van der Waals surface area (Å²) in [5.74, 6) is 0.951. The molecule has 1 aromatic carbocycles. The normalized spacial score (nSPS) is 12.8. The summed E-state index contributed by atoms with van der Waals surface area (Å²) in [5, 5.41) is 11.9. The van der Waals surface area contributed by atoms with Crippen LogP contribution in [-0.4, -0.2) is 12.7 Å². The molecule has 5 nitrogen and oxygen atoms in total. The summed E-state index contributed by atoms with van der Waals surface area (Å²) in [7, 11) is 0. The third kappa shape index (κ3) is 3.73. The predicted octanol–water partition coefficient (Wildman–Crippen LogP) is 3.46. The number of ether oxygens (including phenoxy) is 2. The number of benzene rings is 1. The van der Waals surface area contributed by atoms with E-state index >= 15 is 0 Å². The van der Waals surface area contributed by atoms with Gasteiger partial charge in [0.1, 0.15) is 11.6 Å². The van der Waals surface area contributed by atoms with E-state index in [4.69, 9.17) is 14.7 Å². The highest BCUT2D eigenvalue weighted by atomic mass is 79.9. The lowest BCUT2D eigenvalue weighted by Gasteiger charge is -2.05. The van der Waals surface area contributed by atoms with Gasteiger partial charge in [0, 0.05) is 11.4 Å². The zero-order valence-electron chi connectivity index (χ0n) is 11.8. The Bertz CT molecular complexity index is 823. The van der Waals surface area contributed by atoms with Crippen LogP contribution < -0.4 is 14.8 Å². The number of nitriles is 1. The fourth-order valence-corrected chi connectivity index (χ4v) is 3.39. The van der Waals surface area contributed by atoms with Gasteiger partial charge >= 0.3 is 0 Å².